The molecule has 0 aliphatic carbocycles. The Kier molecular flexibility index (Phi) is 3.46. The standard InChI is InChI=1S/C14H19N3O2/c1-5-19-11-7-12(18)17(16-11)14-9(3)6-8(2)13(15)10(14)4/h6H,5,7,15H2,1-4H3. The van der Waals surface area contributed by atoms with Crippen LogP contribution in [0.1, 0.15) is 30.0 Å². The molecule has 0 bridgehead atoms. The van der Waals surface area contributed by atoms with Crippen molar-refractivity contribution < 1.29 is 9.53 Å². The third-order valence-electron chi connectivity index (χ3n) is 3.26. The summed E-state index contributed by atoms with van der Waals surface area (Å²) >= 11 is 0. The van der Waals surface area contributed by atoms with Crippen molar-refractivity contribution in [1.29, 1.82) is 0 Å². The normalized spacial score (nSPS) is 14.8. The molecule has 1 aromatic carbocycles. The molecule has 1 heterocycles. The van der Waals surface area contributed by atoms with E-state index < -0.39 is 0 Å². The highest BCUT2D eigenvalue weighted by molar-refractivity contribution is 6.11. The van der Waals surface area contributed by atoms with E-state index in [0.29, 0.717) is 18.2 Å². The number of rotatable bonds is 2. The lowest BCUT2D eigenvalue weighted by Crippen LogP contribution is -2.22. The second kappa shape index (κ2) is 4.91. The Bertz CT molecular complexity index is 564. The van der Waals surface area contributed by atoms with Crippen LogP contribution in [0.5, 0.6) is 0 Å². The van der Waals surface area contributed by atoms with Gasteiger partial charge in [-0.1, -0.05) is 6.07 Å². The van der Waals surface area contributed by atoms with Gasteiger partial charge in [0, 0.05) is 5.69 Å². The maximum Gasteiger partial charge on any atom is 0.256 e. The Hall–Kier alpha value is -2.04. The van der Waals surface area contributed by atoms with E-state index in [1.54, 1.807) is 0 Å². The van der Waals surface area contributed by atoms with E-state index in [1.807, 2.05) is 33.8 Å². The van der Waals surface area contributed by atoms with Gasteiger partial charge in [0.2, 0.25) is 5.90 Å². The van der Waals surface area contributed by atoms with Gasteiger partial charge in [0.1, 0.15) is 6.42 Å². The molecule has 0 saturated carbocycles. The number of nitrogens with zero attached hydrogens (tertiary/aromatic N) is 2. The molecule has 102 valence electrons. The molecule has 1 aromatic rings. The van der Waals surface area contributed by atoms with Crippen LogP contribution in [-0.2, 0) is 9.53 Å². The zero-order valence-corrected chi connectivity index (χ0v) is 11.8. The first-order valence-corrected chi connectivity index (χ1v) is 6.35. The van der Waals surface area contributed by atoms with Gasteiger partial charge in [0.25, 0.3) is 5.91 Å². The fourth-order valence-corrected chi connectivity index (χ4v) is 2.34. The fraction of sp³-hybridized carbons (Fsp3) is 0.429. The minimum absolute atomic E-state index is 0.0853. The molecule has 0 aromatic heterocycles. The van der Waals surface area contributed by atoms with Crippen LogP contribution in [0.3, 0.4) is 0 Å². The minimum Gasteiger partial charge on any atom is -0.480 e. The van der Waals surface area contributed by atoms with Crippen LogP contribution in [0.2, 0.25) is 0 Å². The van der Waals surface area contributed by atoms with Gasteiger partial charge in [0.05, 0.1) is 12.3 Å². The third kappa shape index (κ3) is 2.28. The highest BCUT2D eigenvalue weighted by Crippen LogP contribution is 2.33. The Morgan fingerprint density at radius 1 is 1.37 bits per heavy atom. The molecule has 19 heavy (non-hydrogen) atoms. The predicted molar refractivity (Wildman–Crippen MR) is 76.2 cm³/mol. The predicted octanol–water partition coefficient (Wildman–Crippen LogP) is 2.28. The van der Waals surface area contributed by atoms with E-state index in [2.05, 4.69) is 5.10 Å². The number of ether oxygens (including phenoxy) is 1. The molecular weight excluding hydrogens is 242 g/mol. The smallest absolute Gasteiger partial charge is 0.256 e. The van der Waals surface area contributed by atoms with Crippen molar-refractivity contribution >= 4 is 23.2 Å². The van der Waals surface area contributed by atoms with E-state index in [0.717, 1.165) is 22.4 Å². The summed E-state index contributed by atoms with van der Waals surface area (Å²) in [5.41, 5.74) is 10.4. The van der Waals surface area contributed by atoms with E-state index in [1.165, 1.54) is 5.01 Å². The molecule has 2 N–H and O–H groups in total. The molecule has 5 heteroatoms. The molecule has 0 unspecified atom stereocenters. The van der Waals surface area contributed by atoms with E-state index in [4.69, 9.17) is 10.5 Å². The quantitative estimate of drug-likeness (QED) is 0.830. The van der Waals surface area contributed by atoms with Crippen molar-refractivity contribution in [3.05, 3.63) is 22.8 Å². The van der Waals surface area contributed by atoms with Crippen molar-refractivity contribution in [1.82, 2.24) is 0 Å². The summed E-state index contributed by atoms with van der Waals surface area (Å²) in [5.74, 6) is 0.378. The van der Waals surface area contributed by atoms with Gasteiger partial charge in [0.15, 0.2) is 0 Å². The number of hydrogen-bond acceptors (Lipinski definition) is 4. The molecule has 0 atom stereocenters. The van der Waals surface area contributed by atoms with Gasteiger partial charge in [-0.05, 0) is 44.4 Å². The zero-order chi connectivity index (χ0) is 14.2. The Labute approximate surface area is 113 Å². The molecule has 1 amide bonds. The molecule has 0 radical (unpaired) electrons. The summed E-state index contributed by atoms with van der Waals surface area (Å²) in [6.45, 7) is 8.20. The number of anilines is 2. The maximum absolute atomic E-state index is 12.1. The van der Waals surface area contributed by atoms with Crippen LogP contribution in [0.15, 0.2) is 11.2 Å². The number of hydrogen-bond donors (Lipinski definition) is 1. The Balaban J connectivity index is 2.48. The minimum atomic E-state index is -0.0853. The average molecular weight is 261 g/mol. The van der Waals surface area contributed by atoms with Gasteiger partial charge in [-0.25, -0.2) is 0 Å². The van der Waals surface area contributed by atoms with Gasteiger partial charge in [-0.15, -0.1) is 5.10 Å². The van der Waals surface area contributed by atoms with E-state index in [9.17, 15) is 4.79 Å². The first kappa shape index (κ1) is 13.4. The number of carbonyl (C=O) groups excluding carboxylic acids is 1. The van der Waals surface area contributed by atoms with E-state index in [-0.39, 0.29) is 12.3 Å². The zero-order valence-electron chi connectivity index (χ0n) is 11.8. The third-order valence-corrected chi connectivity index (χ3v) is 3.26. The SMILES string of the molecule is CCOC1=NN(c2c(C)cc(C)c(N)c2C)C(=O)C1. The summed E-state index contributed by atoms with van der Waals surface area (Å²) in [5, 5.41) is 5.65. The van der Waals surface area contributed by atoms with Crippen LogP contribution >= 0.6 is 0 Å². The number of nitrogen functional groups attached to an aromatic ring is 1. The van der Waals surface area contributed by atoms with Gasteiger partial charge < -0.3 is 10.5 Å². The number of amides is 1. The van der Waals surface area contributed by atoms with Gasteiger partial charge in [-0.2, -0.15) is 5.01 Å². The topological polar surface area (TPSA) is 67.9 Å². The number of benzene rings is 1. The van der Waals surface area contributed by atoms with Crippen LogP contribution in [0.4, 0.5) is 11.4 Å². The lowest BCUT2D eigenvalue weighted by atomic mass is 10.0. The molecule has 1 aliphatic heterocycles. The molecule has 0 spiro atoms. The van der Waals surface area contributed by atoms with Crippen molar-refractivity contribution in [3.8, 4) is 0 Å². The lowest BCUT2D eigenvalue weighted by Gasteiger charge is -2.19. The largest absolute Gasteiger partial charge is 0.480 e. The maximum atomic E-state index is 12.1. The molecule has 0 saturated heterocycles. The van der Waals surface area contributed by atoms with E-state index >= 15 is 0 Å². The monoisotopic (exact) mass is 261 g/mol. The second-order valence-electron chi connectivity index (χ2n) is 4.71. The number of aryl methyl sites for hydroxylation is 2. The van der Waals surface area contributed by atoms with Crippen LogP contribution in [0, 0.1) is 20.8 Å². The van der Waals surface area contributed by atoms with Crippen LogP contribution in [0.25, 0.3) is 0 Å². The van der Waals surface area contributed by atoms with Crippen molar-refractivity contribution in [3.63, 3.8) is 0 Å². The number of hydrazone groups is 1. The van der Waals surface area contributed by atoms with Crippen LogP contribution < -0.4 is 10.7 Å². The number of carbonyl (C=O) groups is 1. The molecule has 2 rings (SSSR count). The summed E-state index contributed by atoms with van der Waals surface area (Å²) < 4.78 is 5.31. The summed E-state index contributed by atoms with van der Waals surface area (Å²) in [6, 6.07) is 1.97. The lowest BCUT2D eigenvalue weighted by molar-refractivity contribution is -0.117. The van der Waals surface area contributed by atoms with Gasteiger partial charge in [-0.3, -0.25) is 4.79 Å². The average Bonchev–Trinajstić information content (AvgIpc) is 2.68. The van der Waals surface area contributed by atoms with Gasteiger partial charge >= 0.3 is 0 Å². The highest BCUT2D eigenvalue weighted by Gasteiger charge is 2.29. The Morgan fingerprint density at radius 2 is 2.05 bits per heavy atom. The summed E-state index contributed by atoms with van der Waals surface area (Å²) in [6.07, 6.45) is 0.209. The number of nitrogens with two attached hydrogens (primary N) is 1. The first-order chi connectivity index (χ1) is 8.95. The molecule has 5 nitrogen and oxygen atoms in total. The summed E-state index contributed by atoms with van der Waals surface area (Å²) in [4.78, 5) is 12.1. The second-order valence-corrected chi connectivity index (χ2v) is 4.71. The van der Waals surface area contributed by atoms with Crippen molar-refractivity contribution in [2.24, 2.45) is 5.10 Å². The molecule has 0 fully saturated rings. The summed E-state index contributed by atoms with van der Waals surface area (Å²) in [7, 11) is 0. The van der Waals surface area contributed by atoms with Crippen LogP contribution in [-0.4, -0.2) is 18.4 Å². The Morgan fingerprint density at radius 3 is 2.68 bits per heavy atom. The molecular formula is C14H19N3O2. The first-order valence-electron chi connectivity index (χ1n) is 6.35. The fourth-order valence-electron chi connectivity index (χ4n) is 2.34. The molecule has 1 aliphatic rings. The van der Waals surface area contributed by atoms with Crippen molar-refractivity contribution in [2.45, 2.75) is 34.1 Å². The van der Waals surface area contributed by atoms with Crippen molar-refractivity contribution in [2.75, 3.05) is 17.3 Å². The highest BCUT2D eigenvalue weighted by atomic mass is 16.5.